The Morgan fingerprint density at radius 2 is 0.230 bits per heavy atom. The number of hydrogen-bond donors (Lipinski definition) is 22. The SMILES string of the molecule is CCCCOCCN[C](=[W])NCC.CCCCOCCN[C](=[W])NCC.CCCCOCCN[C](=[W])NCCOCCC.CCCCOCCN[C](=[W])NCOCCCC.CCCCOCN[C](=[W])NCCOCCC.CCCOCCN[C](=[W])NCC.CCCOCCN[C](=[W])NCC.CCCOCCN[C](=[W])NCC.CCCOCN[C](=[W])NCC.CCN[C](=[W])NCC.CCN[C](=[W])NCC. The van der Waals surface area contributed by atoms with Crippen molar-refractivity contribution in [1.82, 2.24) is 117 Å². The Hall–Kier alpha value is 4.78. The molecule has 834 valence electrons. The van der Waals surface area contributed by atoms with Crippen LogP contribution in [0.2, 0.25) is 0 Å². The summed E-state index contributed by atoms with van der Waals surface area (Å²) in [5, 5.41) is 71.1. The maximum atomic E-state index is 5.46. The van der Waals surface area contributed by atoms with Crippen LogP contribution in [-0.4, -0.2) is 329 Å². The molecule has 0 bridgehead atoms. The zero-order chi connectivity index (χ0) is 107. The van der Waals surface area contributed by atoms with Gasteiger partial charge in [0.25, 0.3) is 0 Å². The van der Waals surface area contributed by atoms with Gasteiger partial charge in [-0.2, -0.15) is 0 Å². The summed E-state index contributed by atoms with van der Waals surface area (Å²) in [6.07, 6.45) is 20.6. The number of nitrogens with one attached hydrogen (secondary N) is 22. The summed E-state index contributed by atoms with van der Waals surface area (Å²) in [5.41, 5.74) is 0. The summed E-state index contributed by atoms with van der Waals surface area (Å²) >= 11 is 15.8. The van der Waals surface area contributed by atoms with E-state index in [1.54, 1.807) is 0 Å². The number of ether oxygens (including phenoxy) is 12. The molecule has 0 unspecified atom stereocenters. The van der Waals surface area contributed by atoms with Crippen molar-refractivity contribution in [3.63, 3.8) is 0 Å². The second kappa shape index (κ2) is 163. The first-order valence-electron chi connectivity index (χ1n) is 51.5. The van der Waals surface area contributed by atoms with Crippen molar-refractivity contribution in [2.75, 3.05) is 283 Å². The topological polar surface area (TPSA) is 375 Å². The molecule has 22 N–H and O–H groups in total. The Kier molecular flexibility index (Phi) is 195. The molecule has 0 fully saturated rings. The number of unbranched alkanes of at least 4 members (excludes halogenated alkanes) is 6. The second-order valence-corrected chi connectivity index (χ2v) is 44.7. The average Bonchev–Trinajstić information content (AvgIpc) is 1.03. The van der Waals surface area contributed by atoms with Gasteiger partial charge in [-0.25, -0.2) is 0 Å². The van der Waals surface area contributed by atoms with E-state index < -0.39 is 0 Å². The first-order chi connectivity index (χ1) is 67.4. The summed E-state index contributed by atoms with van der Waals surface area (Å²) < 4.78 is 77.6. The number of rotatable bonds is 95. The van der Waals surface area contributed by atoms with E-state index in [0.29, 0.717) is 20.2 Å². The van der Waals surface area contributed by atoms with E-state index in [9.17, 15) is 0 Å². The van der Waals surface area contributed by atoms with Gasteiger partial charge < -0.3 is 0 Å². The average molecular weight is 3860 g/mol. The maximum absolute atomic E-state index is 5.46. The van der Waals surface area contributed by atoms with Gasteiger partial charge in [0.1, 0.15) is 0 Å². The third-order valence-corrected chi connectivity index (χ3v) is 26.5. The summed E-state index contributed by atoms with van der Waals surface area (Å²) in [4.78, 5) is 0. The van der Waals surface area contributed by atoms with Gasteiger partial charge in [0.15, 0.2) is 0 Å². The van der Waals surface area contributed by atoms with Gasteiger partial charge in [-0.3, -0.25) is 0 Å². The molecule has 0 aliphatic heterocycles. The van der Waals surface area contributed by atoms with E-state index in [-0.39, 0.29) is 0 Å². The van der Waals surface area contributed by atoms with Gasteiger partial charge in [0.05, 0.1) is 0 Å². The van der Waals surface area contributed by atoms with E-state index >= 15 is 0 Å². The molecule has 0 radical (unpaired) electrons. The molecular formula is C94H210N22O12W11. The molecule has 0 rings (SSSR count). The van der Waals surface area contributed by atoms with E-state index in [4.69, 9.17) is 56.8 Å². The molecule has 0 saturated heterocycles. The fourth-order valence-corrected chi connectivity index (χ4v) is 17.4. The summed E-state index contributed by atoms with van der Waals surface area (Å²) in [6, 6.07) is 0. The van der Waals surface area contributed by atoms with Gasteiger partial charge in [-0.1, -0.05) is 0 Å². The van der Waals surface area contributed by atoms with Crippen LogP contribution in [0.4, 0.5) is 0 Å². The van der Waals surface area contributed by atoms with Crippen molar-refractivity contribution < 1.29 is 270 Å². The Morgan fingerprint density at radius 1 is 0.122 bits per heavy atom. The normalized spacial score (nSPS) is 10.3. The quantitative estimate of drug-likeness (QED) is 0.0270. The summed E-state index contributed by atoms with van der Waals surface area (Å²) in [6.45, 7) is 84.0. The van der Waals surface area contributed by atoms with E-state index in [1.807, 2.05) is 0 Å². The van der Waals surface area contributed by atoms with Crippen LogP contribution in [0.5, 0.6) is 0 Å². The van der Waals surface area contributed by atoms with Crippen LogP contribution in [-0.2, 0) is 270 Å². The molecule has 0 aliphatic carbocycles. The van der Waals surface area contributed by atoms with Crippen molar-refractivity contribution in [3.05, 3.63) is 0 Å². The van der Waals surface area contributed by atoms with Crippen LogP contribution in [0.3, 0.4) is 0 Å². The first kappa shape index (κ1) is 166. The van der Waals surface area contributed by atoms with Crippen molar-refractivity contribution in [2.24, 2.45) is 0 Å². The molecule has 34 nitrogen and oxygen atoms in total. The Morgan fingerprint density at radius 3 is 0.374 bits per heavy atom. The van der Waals surface area contributed by atoms with Crippen LogP contribution in [0.25, 0.3) is 0 Å². The van der Waals surface area contributed by atoms with Crippen LogP contribution in [0.1, 0.15) is 268 Å². The molecule has 139 heavy (non-hydrogen) atoms. The fraction of sp³-hybridized carbons (Fsp3) is 0.883. The molecule has 0 aromatic heterocycles. The van der Waals surface area contributed by atoms with Crippen molar-refractivity contribution >= 4 is 45.6 Å². The van der Waals surface area contributed by atoms with E-state index in [1.165, 1.54) is 297 Å². The predicted molar refractivity (Wildman–Crippen MR) is 554 cm³/mol. The number of hydrogen-bond acceptors (Lipinski definition) is 34. The minimum absolute atomic E-state index is 0.599. The second-order valence-electron chi connectivity index (χ2n) is 28.6. The van der Waals surface area contributed by atoms with Gasteiger partial charge >= 0.3 is 983 Å². The van der Waals surface area contributed by atoms with Crippen LogP contribution >= 0.6 is 0 Å². The third-order valence-electron chi connectivity index (χ3n) is 15.1. The summed E-state index contributed by atoms with van der Waals surface area (Å²) in [7, 11) is 0. The van der Waals surface area contributed by atoms with Crippen LogP contribution < -0.4 is 117 Å². The molecular weight excluding hydrogens is 3650 g/mol. The third kappa shape index (κ3) is 191. The molecule has 0 heterocycles. The zero-order valence-corrected chi connectivity index (χ0v) is 123. The van der Waals surface area contributed by atoms with Gasteiger partial charge in [0.2, 0.25) is 0 Å². The molecule has 45 heteroatoms. The molecule has 0 atom stereocenters. The van der Waals surface area contributed by atoms with Crippen LogP contribution in [0.15, 0.2) is 0 Å². The van der Waals surface area contributed by atoms with E-state index in [0.717, 1.165) is 340 Å². The molecule has 0 amide bonds. The molecule has 0 aliphatic rings. The Labute approximate surface area is 972 Å². The monoisotopic (exact) mass is 3860 g/mol. The minimum atomic E-state index is 0.599. The standard InChI is InChI=1S/2C12H26N2O2.C11H24N2O2.2C9H20N2O.3C8H18N2O.C7H16N2O.2C5H12N2.11W/c1-3-5-9-16-11-7-14-12-13-6-10-15-8-4-2;1-3-5-8-15-10-7-13-11-14-12-16-9-6-4-2;1-3-5-8-15-11-13-10-12-6-9-14-7-4-2;2*1-3-5-7-12-8-6-11-9-10-4-2;3*1-3-6-11-7-5-10-8-9-4-2;1-3-5-10-7-9-6-8-4-2;2*1-3-6-5-7-4-2;;;;;;;;;;;/h13-14H,3-11H2,1-2H3;13-14H,3-10,12H2,1-2H3;12-13H,3-9,11H2,1-2H3;2*10-11H,3-8H2,1-2H3;3*9-10H,3-7H2,1-2H3;8-9H,3-5,7H2,1-2H3;2*6-7H,3-4H2,1-2H3;;;;;;;;;;;. The zero-order valence-electron chi connectivity index (χ0n) is 91.0. The van der Waals surface area contributed by atoms with Gasteiger partial charge in [-0.15, -0.1) is 0 Å². The van der Waals surface area contributed by atoms with Crippen LogP contribution in [0, 0.1) is 0 Å². The predicted octanol–water partition coefficient (Wildman–Crippen LogP) is 5.33. The fourth-order valence-electron chi connectivity index (χ4n) is 8.25. The van der Waals surface area contributed by atoms with E-state index in [2.05, 4.69) is 269 Å². The van der Waals surface area contributed by atoms with Gasteiger partial charge in [0, 0.05) is 0 Å². The molecule has 0 aromatic carbocycles. The first-order valence-corrected chi connectivity index (χ1v) is 67.6. The van der Waals surface area contributed by atoms with Crippen molar-refractivity contribution in [1.29, 1.82) is 0 Å². The molecule has 0 saturated carbocycles. The Balaban J connectivity index is -0.000000145. The van der Waals surface area contributed by atoms with Crippen molar-refractivity contribution in [2.45, 2.75) is 268 Å². The Bertz CT molecular complexity index is 2320. The molecule has 0 spiro atoms. The van der Waals surface area contributed by atoms with Crippen molar-refractivity contribution in [3.8, 4) is 0 Å². The van der Waals surface area contributed by atoms with Gasteiger partial charge in [-0.05, 0) is 0 Å². The molecule has 0 aromatic rings. The summed E-state index contributed by atoms with van der Waals surface area (Å²) in [5.74, 6) is 0.